The second-order valence-electron chi connectivity index (χ2n) is 6.95. The molecular formula is C18H24ClN3O3. The molecule has 25 heavy (non-hydrogen) atoms. The van der Waals surface area contributed by atoms with Crippen LogP contribution in [0.3, 0.4) is 0 Å². The lowest BCUT2D eigenvalue weighted by Crippen LogP contribution is -2.54. The second kappa shape index (κ2) is 7.44. The standard InChI is InChI=1S/C18H24ClN3O3/c1-12-9-13(2)15(14(19)10-12)20-16(24)18(3,4)17(25)22-7-5-21(11-23)6-8-22/h9-11H,5-8H2,1-4H3,(H,20,24). The topological polar surface area (TPSA) is 69.7 Å². The molecule has 0 bridgehead atoms. The number of amides is 3. The number of rotatable bonds is 4. The van der Waals surface area contributed by atoms with Crippen molar-refractivity contribution in [1.29, 1.82) is 0 Å². The van der Waals surface area contributed by atoms with Crippen molar-refractivity contribution >= 4 is 35.5 Å². The molecule has 1 aliphatic heterocycles. The maximum atomic E-state index is 12.8. The molecular weight excluding hydrogens is 342 g/mol. The minimum atomic E-state index is -1.23. The van der Waals surface area contributed by atoms with E-state index in [0.717, 1.165) is 17.5 Å². The number of carbonyl (C=O) groups excluding carboxylic acids is 3. The maximum absolute atomic E-state index is 12.8. The third kappa shape index (κ3) is 4.12. The maximum Gasteiger partial charge on any atom is 0.239 e. The Labute approximate surface area is 153 Å². The van der Waals surface area contributed by atoms with E-state index in [1.165, 1.54) is 0 Å². The molecule has 2 rings (SSSR count). The van der Waals surface area contributed by atoms with E-state index in [9.17, 15) is 14.4 Å². The van der Waals surface area contributed by atoms with Gasteiger partial charge in [0.25, 0.3) is 0 Å². The lowest BCUT2D eigenvalue weighted by Gasteiger charge is -2.36. The van der Waals surface area contributed by atoms with Gasteiger partial charge in [-0.1, -0.05) is 17.7 Å². The van der Waals surface area contributed by atoms with E-state index in [1.54, 1.807) is 29.7 Å². The fourth-order valence-electron chi connectivity index (χ4n) is 2.87. The van der Waals surface area contributed by atoms with E-state index < -0.39 is 11.3 Å². The lowest BCUT2D eigenvalue weighted by molar-refractivity contribution is -0.148. The zero-order valence-corrected chi connectivity index (χ0v) is 15.8. The van der Waals surface area contributed by atoms with E-state index in [-0.39, 0.29) is 5.91 Å². The number of aryl methyl sites for hydroxylation is 2. The first-order chi connectivity index (χ1) is 11.7. The summed E-state index contributed by atoms with van der Waals surface area (Å²) < 4.78 is 0. The number of nitrogens with zero attached hydrogens (tertiary/aromatic N) is 2. The fourth-order valence-corrected chi connectivity index (χ4v) is 3.24. The summed E-state index contributed by atoms with van der Waals surface area (Å²) in [5.74, 6) is -0.652. The molecule has 0 aromatic heterocycles. The van der Waals surface area contributed by atoms with Crippen LogP contribution in [-0.2, 0) is 14.4 Å². The minimum Gasteiger partial charge on any atom is -0.342 e. The Morgan fingerprint density at radius 1 is 1.16 bits per heavy atom. The summed E-state index contributed by atoms with van der Waals surface area (Å²) >= 11 is 6.24. The molecule has 1 saturated heterocycles. The first kappa shape index (κ1) is 19.2. The molecule has 1 aromatic rings. The number of halogens is 1. The monoisotopic (exact) mass is 365 g/mol. The van der Waals surface area contributed by atoms with E-state index in [4.69, 9.17) is 11.6 Å². The molecule has 1 N–H and O–H groups in total. The smallest absolute Gasteiger partial charge is 0.239 e. The number of anilines is 1. The van der Waals surface area contributed by atoms with Crippen LogP contribution in [0.5, 0.6) is 0 Å². The first-order valence-electron chi connectivity index (χ1n) is 8.23. The predicted octanol–water partition coefficient (Wildman–Crippen LogP) is 2.22. The van der Waals surface area contributed by atoms with Crippen LogP contribution < -0.4 is 5.32 Å². The van der Waals surface area contributed by atoms with Crippen molar-refractivity contribution in [3.05, 3.63) is 28.3 Å². The van der Waals surface area contributed by atoms with Crippen molar-refractivity contribution in [2.45, 2.75) is 27.7 Å². The van der Waals surface area contributed by atoms with Gasteiger partial charge < -0.3 is 15.1 Å². The van der Waals surface area contributed by atoms with Gasteiger partial charge in [-0.2, -0.15) is 0 Å². The van der Waals surface area contributed by atoms with E-state index >= 15 is 0 Å². The van der Waals surface area contributed by atoms with Crippen LogP contribution in [0.15, 0.2) is 12.1 Å². The number of carbonyl (C=O) groups is 3. The second-order valence-corrected chi connectivity index (χ2v) is 7.36. The van der Waals surface area contributed by atoms with Crippen LogP contribution in [-0.4, -0.2) is 54.2 Å². The highest BCUT2D eigenvalue weighted by Crippen LogP contribution is 2.30. The van der Waals surface area contributed by atoms with Gasteiger partial charge in [0.2, 0.25) is 18.2 Å². The molecule has 1 fully saturated rings. The fraction of sp³-hybridized carbons (Fsp3) is 0.500. The van der Waals surface area contributed by atoms with Gasteiger partial charge >= 0.3 is 0 Å². The SMILES string of the molecule is Cc1cc(C)c(NC(=O)C(C)(C)C(=O)N2CCN(C=O)CC2)c(Cl)c1. The molecule has 7 heteroatoms. The van der Waals surface area contributed by atoms with Crippen LogP contribution in [0.1, 0.15) is 25.0 Å². The number of hydrogen-bond acceptors (Lipinski definition) is 3. The number of benzene rings is 1. The summed E-state index contributed by atoms with van der Waals surface area (Å²) in [5, 5.41) is 3.25. The largest absolute Gasteiger partial charge is 0.342 e. The van der Waals surface area contributed by atoms with E-state index in [1.807, 2.05) is 19.9 Å². The number of nitrogens with one attached hydrogen (secondary N) is 1. The van der Waals surface area contributed by atoms with Crippen molar-refractivity contribution < 1.29 is 14.4 Å². The highest BCUT2D eigenvalue weighted by Gasteiger charge is 2.40. The third-order valence-corrected chi connectivity index (χ3v) is 4.82. The summed E-state index contributed by atoms with van der Waals surface area (Å²) in [6.07, 6.45) is 0.780. The summed E-state index contributed by atoms with van der Waals surface area (Å²) in [4.78, 5) is 39.6. The summed E-state index contributed by atoms with van der Waals surface area (Å²) in [5.41, 5.74) is 1.15. The van der Waals surface area contributed by atoms with Gasteiger partial charge in [0.15, 0.2) is 0 Å². The summed E-state index contributed by atoms with van der Waals surface area (Å²) in [6, 6.07) is 3.70. The number of piperazine rings is 1. The summed E-state index contributed by atoms with van der Waals surface area (Å²) in [7, 11) is 0. The van der Waals surface area contributed by atoms with E-state index in [2.05, 4.69) is 5.32 Å². The van der Waals surface area contributed by atoms with Gasteiger partial charge in [0, 0.05) is 26.2 Å². The van der Waals surface area contributed by atoms with Crippen molar-refractivity contribution in [3.63, 3.8) is 0 Å². The van der Waals surface area contributed by atoms with Crippen molar-refractivity contribution in [2.24, 2.45) is 5.41 Å². The Bertz CT molecular complexity index is 672. The molecule has 0 radical (unpaired) electrons. The average molecular weight is 366 g/mol. The van der Waals surface area contributed by atoms with Crippen LogP contribution in [0.25, 0.3) is 0 Å². The highest BCUT2D eigenvalue weighted by atomic mass is 35.5. The van der Waals surface area contributed by atoms with Gasteiger partial charge in [0.05, 0.1) is 10.7 Å². The molecule has 0 spiro atoms. The Balaban J connectivity index is 2.12. The third-order valence-electron chi connectivity index (χ3n) is 4.52. The zero-order valence-electron chi connectivity index (χ0n) is 15.1. The van der Waals surface area contributed by atoms with Crippen molar-refractivity contribution in [3.8, 4) is 0 Å². The molecule has 1 heterocycles. The Morgan fingerprint density at radius 3 is 2.28 bits per heavy atom. The first-order valence-corrected chi connectivity index (χ1v) is 8.61. The minimum absolute atomic E-state index is 0.253. The predicted molar refractivity (Wildman–Crippen MR) is 97.6 cm³/mol. The van der Waals surface area contributed by atoms with Gasteiger partial charge in [0.1, 0.15) is 5.41 Å². The van der Waals surface area contributed by atoms with E-state index in [0.29, 0.717) is 36.9 Å². The molecule has 3 amide bonds. The van der Waals surface area contributed by atoms with Crippen LogP contribution in [0.4, 0.5) is 5.69 Å². The molecule has 1 aliphatic rings. The van der Waals surface area contributed by atoms with Gasteiger partial charge in [-0.15, -0.1) is 0 Å². The lowest BCUT2D eigenvalue weighted by atomic mass is 9.89. The zero-order chi connectivity index (χ0) is 18.8. The molecule has 1 aromatic carbocycles. The van der Waals surface area contributed by atoms with Crippen molar-refractivity contribution in [2.75, 3.05) is 31.5 Å². The highest BCUT2D eigenvalue weighted by molar-refractivity contribution is 6.34. The Morgan fingerprint density at radius 2 is 1.76 bits per heavy atom. The Hall–Kier alpha value is -2.08. The van der Waals surface area contributed by atoms with Gasteiger partial charge in [-0.25, -0.2) is 0 Å². The molecule has 0 unspecified atom stereocenters. The molecule has 0 saturated carbocycles. The number of hydrogen-bond donors (Lipinski definition) is 1. The quantitative estimate of drug-likeness (QED) is 0.657. The van der Waals surface area contributed by atoms with Crippen LogP contribution in [0, 0.1) is 19.3 Å². The van der Waals surface area contributed by atoms with Gasteiger partial charge in [-0.3, -0.25) is 14.4 Å². The molecule has 0 aliphatic carbocycles. The molecule has 0 atom stereocenters. The normalized spacial score (nSPS) is 15.1. The van der Waals surface area contributed by atoms with Crippen LogP contribution >= 0.6 is 11.6 Å². The average Bonchev–Trinajstić information content (AvgIpc) is 2.57. The van der Waals surface area contributed by atoms with Crippen molar-refractivity contribution in [1.82, 2.24) is 9.80 Å². The summed E-state index contributed by atoms with van der Waals surface area (Å²) in [6.45, 7) is 8.82. The molecule has 136 valence electrons. The van der Waals surface area contributed by atoms with Crippen LogP contribution in [0.2, 0.25) is 5.02 Å². The molecule has 6 nitrogen and oxygen atoms in total. The Kier molecular flexibility index (Phi) is 5.72. The van der Waals surface area contributed by atoms with Gasteiger partial charge in [-0.05, 0) is 44.9 Å².